The average Bonchev–Trinajstić information content (AvgIpc) is 2.77. The van der Waals surface area contributed by atoms with Crippen LogP contribution in [0.1, 0.15) is 21.5 Å². The molecule has 1 atom stereocenters. The van der Waals surface area contributed by atoms with Gasteiger partial charge in [0.25, 0.3) is 0 Å². The minimum atomic E-state index is -1.21. The molecule has 1 unspecified atom stereocenters. The van der Waals surface area contributed by atoms with Crippen molar-refractivity contribution in [3.63, 3.8) is 0 Å². The molecule has 1 aromatic carbocycles. The maximum Gasteiger partial charge on any atom is 0.204 e. The van der Waals surface area contributed by atoms with Gasteiger partial charge in [0.1, 0.15) is 5.75 Å². The van der Waals surface area contributed by atoms with Crippen molar-refractivity contribution in [1.29, 1.82) is 0 Å². The van der Waals surface area contributed by atoms with Crippen LogP contribution in [0, 0.1) is 0 Å². The second kappa shape index (κ2) is 4.82. The lowest BCUT2D eigenvalue weighted by Crippen LogP contribution is -2.34. The fourth-order valence-corrected chi connectivity index (χ4v) is 2.93. The molecule has 1 heterocycles. The zero-order chi connectivity index (χ0) is 15.0. The molecular weight excluding hydrogens is 266 g/mol. The number of carbonyl (C=O) groups excluding carboxylic acids is 1. The van der Waals surface area contributed by atoms with Gasteiger partial charge in [0.15, 0.2) is 5.60 Å². The molecule has 0 saturated heterocycles. The van der Waals surface area contributed by atoms with E-state index >= 15 is 0 Å². The van der Waals surface area contributed by atoms with Gasteiger partial charge in [0.05, 0.1) is 7.11 Å². The van der Waals surface area contributed by atoms with Gasteiger partial charge in [-0.25, -0.2) is 0 Å². The second-order valence-electron chi connectivity index (χ2n) is 4.81. The van der Waals surface area contributed by atoms with E-state index in [1.807, 2.05) is 6.07 Å². The first-order valence-electron chi connectivity index (χ1n) is 6.54. The molecule has 21 heavy (non-hydrogen) atoms. The van der Waals surface area contributed by atoms with Gasteiger partial charge >= 0.3 is 0 Å². The Morgan fingerprint density at radius 3 is 2.48 bits per heavy atom. The van der Waals surface area contributed by atoms with E-state index < -0.39 is 5.60 Å². The fourth-order valence-electron chi connectivity index (χ4n) is 2.93. The summed E-state index contributed by atoms with van der Waals surface area (Å²) in [5.74, 6) is 0.494. The fraction of sp³-hybridized carbons (Fsp3) is 0.176. The molecule has 0 N–H and O–H groups in total. The smallest absolute Gasteiger partial charge is 0.204 e. The standard InChI is InChI=1S/C17H15NO3/c1-11-15-13(5-4-6-14(15)20-2)16(19)17(11,21-3)12-7-9-18-10-8-12/h4-10H,1H2,2-3H3. The lowest BCUT2D eigenvalue weighted by molar-refractivity contribution is 0.0347. The summed E-state index contributed by atoms with van der Waals surface area (Å²) in [6.45, 7) is 4.11. The zero-order valence-corrected chi connectivity index (χ0v) is 11.9. The average molecular weight is 281 g/mol. The number of nitrogens with zero attached hydrogens (tertiary/aromatic N) is 1. The van der Waals surface area contributed by atoms with Crippen LogP contribution in [0.4, 0.5) is 0 Å². The van der Waals surface area contributed by atoms with E-state index in [4.69, 9.17) is 9.47 Å². The summed E-state index contributed by atoms with van der Waals surface area (Å²) in [6.07, 6.45) is 3.27. The lowest BCUT2D eigenvalue weighted by atomic mass is 9.87. The summed E-state index contributed by atoms with van der Waals surface area (Å²) < 4.78 is 11.0. The predicted octanol–water partition coefficient (Wildman–Crippen LogP) is 2.84. The molecule has 1 aliphatic carbocycles. The summed E-state index contributed by atoms with van der Waals surface area (Å²) in [4.78, 5) is 17.0. The van der Waals surface area contributed by atoms with E-state index in [9.17, 15) is 4.79 Å². The molecule has 0 bridgehead atoms. The van der Waals surface area contributed by atoms with Crippen molar-refractivity contribution in [1.82, 2.24) is 4.98 Å². The maximum atomic E-state index is 13.0. The Kier molecular flexibility index (Phi) is 3.11. The number of carbonyl (C=O) groups is 1. The normalized spacial score (nSPS) is 20.5. The zero-order valence-electron chi connectivity index (χ0n) is 11.9. The van der Waals surface area contributed by atoms with Crippen LogP contribution in [0.15, 0.2) is 49.3 Å². The molecule has 4 nitrogen and oxygen atoms in total. The molecule has 0 fully saturated rings. The van der Waals surface area contributed by atoms with Crippen LogP contribution < -0.4 is 4.74 Å². The molecule has 1 aromatic heterocycles. The van der Waals surface area contributed by atoms with Gasteiger partial charge in [-0.2, -0.15) is 0 Å². The number of Topliss-reactive ketones (excluding diaryl/α,β-unsaturated/α-hetero) is 1. The largest absolute Gasteiger partial charge is 0.496 e. The number of benzene rings is 1. The first-order chi connectivity index (χ1) is 10.2. The van der Waals surface area contributed by atoms with Crippen molar-refractivity contribution in [2.24, 2.45) is 0 Å². The van der Waals surface area contributed by atoms with Crippen molar-refractivity contribution in [2.75, 3.05) is 14.2 Å². The van der Waals surface area contributed by atoms with Crippen LogP contribution in [0.25, 0.3) is 5.57 Å². The van der Waals surface area contributed by atoms with Gasteiger partial charge < -0.3 is 9.47 Å². The quantitative estimate of drug-likeness (QED) is 0.868. The monoisotopic (exact) mass is 281 g/mol. The molecule has 106 valence electrons. The highest BCUT2D eigenvalue weighted by atomic mass is 16.5. The van der Waals surface area contributed by atoms with Gasteiger partial charge in [-0.3, -0.25) is 9.78 Å². The highest BCUT2D eigenvalue weighted by Gasteiger charge is 2.51. The topological polar surface area (TPSA) is 48.4 Å². The molecule has 0 spiro atoms. The summed E-state index contributed by atoms with van der Waals surface area (Å²) in [7, 11) is 3.09. The van der Waals surface area contributed by atoms with Crippen LogP contribution in [0.5, 0.6) is 5.75 Å². The van der Waals surface area contributed by atoms with E-state index in [1.54, 1.807) is 43.8 Å². The number of ketones is 1. The second-order valence-corrected chi connectivity index (χ2v) is 4.81. The van der Waals surface area contributed by atoms with Crippen molar-refractivity contribution in [2.45, 2.75) is 5.60 Å². The number of rotatable bonds is 3. The summed E-state index contributed by atoms with van der Waals surface area (Å²) in [5, 5.41) is 0. The molecule has 0 aliphatic heterocycles. The third-order valence-electron chi connectivity index (χ3n) is 3.93. The molecule has 3 rings (SSSR count). The van der Waals surface area contributed by atoms with Gasteiger partial charge in [0, 0.05) is 36.2 Å². The van der Waals surface area contributed by atoms with Crippen molar-refractivity contribution in [3.05, 3.63) is 66.0 Å². The van der Waals surface area contributed by atoms with Crippen LogP contribution in [0.2, 0.25) is 0 Å². The van der Waals surface area contributed by atoms with Crippen LogP contribution in [-0.4, -0.2) is 25.0 Å². The van der Waals surface area contributed by atoms with Gasteiger partial charge in [0.2, 0.25) is 5.78 Å². The SMILES string of the molecule is C=C1c2c(OC)cccc2C(=O)C1(OC)c1ccncc1. The third kappa shape index (κ3) is 1.66. The minimum Gasteiger partial charge on any atom is -0.496 e. The molecular formula is C17H15NO3. The Morgan fingerprint density at radius 2 is 1.86 bits per heavy atom. The lowest BCUT2D eigenvalue weighted by Gasteiger charge is -2.27. The summed E-state index contributed by atoms with van der Waals surface area (Å²) >= 11 is 0. The maximum absolute atomic E-state index is 13.0. The first kappa shape index (κ1) is 13.5. The molecule has 4 heteroatoms. The third-order valence-corrected chi connectivity index (χ3v) is 3.93. The number of hydrogen-bond acceptors (Lipinski definition) is 4. The van der Waals surface area contributed by atoms with Gasteiger partial charge in [-0.05, 0) is 23.8 Å². The van der Waals surface area contributed by atoms with Gasteiger partial charge in [-0.15, -0.1) is 0 Å². The number of pyridine rings is 1. The first-order valence-corrected chi connectivity index (χ1v) is 6.54. The number of ether oxygens (including phenoxy) is 2. The van der Waals surface area contributed by atoms with E-state index in [0.29, 0.717) is 28.0 Å². The van der Waals surface area contributed by atoms with E-state index in [1.165, 1.54) is 7.11 Å². The van der Waals surface area contributed by atoms with Crippen LogP contribution in [0.3, 0.4) is 0 Å². The van der Waals surface area contributed by atoms with Crippen molar-refractivity contribution >= 4 is 11.4 Å². The minimum absolute atomic E-state index is 0.130. The van der Waals surface area contributed by atoms with E-state index in [2.05, 4.69) is 11.6 Å². The highest BCUT2D eigenvalue weighted by Crippen LogP contribution is 2.50. The molecule has 0 amide bonds. The number of hydrogen-bond donors (Lipinski definition) is 0. The molecule has 0 radical (unpaired) electrons. The Bertz CT molecular complexity index is 724. The van der Waals surface area contributed by atoms with E-state index in [-0.39, 0.29) is 5.78 Å². The van der Waals surface area contributed by atoms with Crippen LogP contribution >= 0.6 is 0 Å². The highest BCUT2D eigenvalue weighted by molar-refractivity contribution is 6.20. The Hall–Kier alpha value is -2.46. The van der Waals surface area contributed by atoms with Crippen molar-refractivity contribution < 1.29 is 14.3 Å². The van der Waals surface area contributed by atoms with E-state index in [0.717, 1.165) is 0 Å². The summed E-state index contributed by atoms with van der Waals surface area (Å²) in [5.41, 5.74) is 1.38. The number of fused-ring (bicyclic) bond motifs is 1. The summed E-state index contributed by atoms with van der Waals surface area (Å²) in [6, 6.07) is 8.92. The van der Waals surface area contributed by atoms with Crippen molar-refractivity contribution in [3.8, 4) is 5.75 Å². The van der Waals surface area contributed by atoms with Gasteiger partial charge in [-0.1, -0.05) is 18.7 Å². The number of methoxy groups -OCH3 is 2. The predicted molar refractivity (Wildman–Crippen MR) is 79.3 cm³/mol. The Morgan fingerprint density at radius 1 is 1.14 bits per heavy atom. The number of aromatic nitrogens is 1. The molecule has 0 saturated carbocycles. The Balaban J connectivity index is 2.28. The molecule has 1 aliphatic rings. The Labute approximate surface area is 123 Å². The molecule has 2 aromatic rings. The van der Waals surface area contributed by atoms with Crippen LogP contribution in [-0.2, 0) is 10.3 Å².